The van der Waals surface area contributed by atoms with E-state index in [-0.39, 0.29) is 12.0 Å². The Morgan fingerprint density at radius 2 is 2.29 bits per heavy atom. The average molecular weight is 278 g/mol. The van der Waals surface area contributed by atoms with Crippen LogP contribution in [0.15, 0.2) is 0 Å². The first-order valence-corrected chi connectivity index (χ1v) is 9.06. The number of nitrogens with zero attached hydrogens (tertiary/aromatic N) is 1. The molecule has 2 unspecified atom stereocenters. The second-order valence-corrected chi connectivity index (χ2v) is 7.25. The summed E-state index contributed by atoms with van der Waals surface area (Å²) in [7, 11) is -0.623. The molecule has 6 heteroatoms. The van der Waals surface area contributed by atoms with Gasteiger partial charge in [0.2, 0.25) is 5.91 Å². The van der Waals surface area contributed by atoms with Gasteiger partial charge >= 0.3 is 0 Å². The first kappa shape index (κ1) is 15.2. The SMILES string of the molecule is CP(S)OC1CCN(C(=O)CCCCCN)C1. The van der Waals surface area contributed by atoms with E-state index in [9.17, 15) is 4.79 Å². The summed E-state index contributed by atoms with van der Waals surface area (Å²) in [5, 5.41) is 0. The second kappa shape index (κ2) is 8.30. The van der Waals surface area contributed by atoms with E-state index < -0.39 is 7.35 Å². The van der Waals surface area contributed by atoms with E-state index in [2.05, 4.69) is 12.2 Å². The van der Waals surface area contributed by atoms with Gasteiger partial charge in [-0.15, -0.1) is 12.2 Å². The van der Waals surface area contributed by atoms with Crippen LogP contribution in [0.1, 0.15) is 32.1 Å². The summed E-state index contributed by atoms with van der Waals surface area (Å²) in [6.45, 7) is 4.26. The van der Waals surface area contributed by atoms with Crippen LogP contribution >= 0.6 is 19.6 Å². The lowest BCUT2D eigenvalue weighted by molar-refractivity contribution is -0.130. The average Bonchev–Trinajstić information content (AvgIpc) is 2.71. The van der Waals surface area contributed by atoms with Gasteiger partial charge in [-0.05, 0) is 32.5 Å². The van der Waals surface area contributed by atoms with Crippen molar-refractivity contribution >= 4 is 25.5 Å². The maximum atomic E-state index is 11.9. The number of hydrogen-bond acceptors (Lipinski definition) is 4. The van der Waals surface area contributed by atoms with Crippen molar-refractivity contribution in [2.75, 3.05) is 26.3 Å². The lowest BCUT2D eigenvalue weighted by atomic mass is 10.2. The number of unbranched alkanes of at least 4 members (excludes halogenated alkanes) is 2. The van der Waals surface area contributed by atoms with Crippen molar-refractivity contribution in [3.63, 3.8) is 0 Å². The molecule has 0 aromatic rings. The Labute approximate surface area is 110 Å². The number of carbonyl (C=O) groups is 1. The predicted octanol–water partition coefficient (Wildman–Crippen LogP) is 1.99. The standard InChI is InChI=1S/C11H23N2O2PS/c1-16(17)15-10-6-8-13(9-10)11(14)5-3-2-4-7-12/h10,17H,2-9,12H2,1H3. The third-order valence-corrected chi connectivity index (χ3v) is 3.78. The van der Waals surface area contributed by atoms with Crippen LogP contribution in [0.2, 0.25) is 0 Å². The summed E-state index contributed by atoms with van der Waals surface area (Å²) in [6, 6.07) is 0. The van der Waals surface area contributed by atoms with Crippen LogP contribution in [0.3, 0.4) is 0 Å². The van der Waals surface area contributed by atoms with Gasteiger partial charge in [0.15, 0.2) is 0 Å². The highest BCUT2D eigenvalue weighted by Gasteiger charge is 2.27. The van der Waals surface area contributed by atoms with Gasteiger partial charge in [0.1, 0.15) is 0 Å². The van der Waals surface area contributed by atoms with E-state index in [0.717, 1.165) is 45.3 Å². The molecule has 100 valence electrons. The van der Waals surface area contributed by atoms with Gasteiger partial charge in [-0.25, -0.2) is 0 Å². The highest BCUT2D eigenvalue weighted by molar-refractivity contribution is 8.43. The molecule has 1 rings (SSSR count). The van der Waals surface area contributed by atoms with Gasteiger partial charge in [-0.2, -0.15) is 0 Å². The van der Waals surface area contributed by atoms with Crippen LogP contribution in [0.4, 0.5) is 0 Å². The van der Waals surface area contributed by atoms with E-state index in [1.54, 1.807) is 0 Å². The van der Waals surface area contributed by atoms with Crippen molar-refractivity contribution in [2.24, 2.45) is 5.73 Å². The van der Waals surface area contributed by atoms with E-state index in [1.165, 1.54) is 0 Å². The van der Waals surface area contributed by atoms with Crippen LogP contribution in [0.25, 0.3) is 0 Å². The maximum Gasteiger partial charge on any atom is 0.222 e. The Morgan fingerprint density at radius 3 is 2.94 bits per heavy atom. The monoisotopic (exact) mass is 278 g/mol. The molecule has 0 aromatic carbocycles. The van der Waals surface area contributed by atoms with Gasteiger partial charge in [-0.1, -0.05) is 6.42 Å². The van der Waals surface area contributed by atoms with Crippen molar-refractivity contribution in [3.8, 4) is 0 Å². The third kappa shape index (κ3) is 6.05. The molecule has 4 nitrogen and oxygen atoms in total. The maximum absolute atomic E-state index is 11.9. The Bertz CT molecular complexity index is 242. The lowest BCUT2D eigenvalue weighted by Crippen LogP contribution is -2.29. The summed E-state index contributed by atoms with van der Waals surface area (Å²) < 4.78 is 5.65. The number of amides is 1. The molecule has 0 aliphatic carbocycles. The quantitative estimate of drug-likeness (QED) is 0.425. The van der Waals surface area contributed by atoms with Crippen LogP contribution in [-0.2, 0) is 9.32 Å². The van der Waals surface area contributed by atoms with Crippen LogP contribution in [0, 0.1) is 0 Å². The molecule has 1 amide bonds. The first-order valence-electron chi connectivity index (χ1n) is 6.20. The number of rotatable bonds is 7. The number of hydrogen-bond donors (Lipinski definition) is 2. The molecular weight excluding hydrogens is 255 g/mol. The number of thiol groups is 1. The van der Waals surface area contributed by atoms with Crippen molar-refractivity contribution in [1.82, 2.24) is 4.90 Å². The van der Waals surface area contributed by atoms with E-state index >= 15 is 0 Å². The highest BCUT2D eigenvalue weighted by Crippen LogP contribution is 2.40. The third-order valence-electron chi connectivity index (χ3n) is 2.89. The smallest absolute Gasteiger partial charge is 0.222 e. The fourth-order valence-corrected chi connectivity index (χ4v) is 3.02. The molecular formula is C11H23N2O2PS. The van der Waals surface area contributed by atoms with Gasteiger partial charge in [0.25, 0.3) is 0 Å². The minimum Gasteiger partial charge on any atom is -0.344 e. The predicted molar refractivity (Wildman–Crippen MR) is 75.4 cm³/mol. The number of nitrogens with two attached hydrogens (primary N) is 1. The van der Waals surface area contributed by atoms with Crippen molar-refractivity contribution in [3.05, 3.63) is 0 Å². The normalized spacial score (nSPS) is 21.8. The van der Waals surface area contributed by atoms with Crippen LogP contribution in [-0.4, -0.2) is 43.2 Å². The summed E-state index contributed by atoms with van der Waals surface area (Å²) in [5.41, 5.74) is 5.41. The summed E-state index contributed by atoms with van der Waals surface area (Å²) >= 11 is 4.26. The molecule has 1 aliphatic heterocycles. The molecule has 1 fully saturated rings. The molecule has 0 bridgehead atoms. The first-order chi connectivity index (χ1) is 8.13. The van der Waals surface area contributed by atoms with Crippen molar-refractivity contribution < 1.29 is 9.32 Å². The van der Waals surface area contributed by atoms with Gasteiger partial charge in [-0.3, -0.25) is 4.79 Å². The van der Waals surface area contributed by atoms with Crippen LogP contribution in [0.5, 0.6) is 0 Å². The zero-order valence-electron chi connectivity index (χ0n) is 10.5. The Kier molecular flexibility index (Phi) is 7.44. The summed E-state index contributed by atoms with van der Waals surface area (Å²) in [6.07, 6.45) is 4.80. The molecule has 1 saturated heterocycles. The molecule has 0 saturated carbocycles. The molecule has 2 atom stereocenters. The van der Waals surface area contributed by atoms with E-state index in [1.807, 2.05) is 11.6 Å². The largest absolute Gasteiger partial charge is 0.344 e. The molecule has 1 heterocycles. The van der Waals surface area contributed by atoms with Crippen molar-refractivity contribution in [1.29, 1.82) is 0 Å². The van der Waals surface area contributed by atoms with Gasteiger partial charge in [0.05, 0.1) is 13.5 Å². The molecule has 17 heavy (non-hydrogen) atoms. The summed E-state index contributed by atoms with van der Waals surface area (Å²) in [5.74, 6) is 0.257. The molecule has 0 aromatic heterocycles. The Morgan fingerprint density at radius 1 is 1.53 bits per heavy atom. The molecule has 0 radical (unpaired) electrons. The topological polar surface area (TPSA) is 55.6 Å². The van der Waals surface area contributed by atoms with Crippen molar-refractivity contribution in [2.45, 2.75) is 38.2 Å². The van der Waals surface area contributed by atoms with Gasteiger partial charge in [0, 0.05) is 19.5 Å². The Hall–Kier alpha value is 0.170. The number of carbonyl (C=O) groups excluding carboxylic acids is 1. The van der Waals surface area contributed by atoms with E-state index in [0.29, 0.717) is 6.42 Å². The fraction of sp³-hybridized carbons (Fsp3) is 0.909. The zero-order chi connectivity index (χ0) is 12.7. The van der Waals surface area contributed by atoms with Crippen LogP contribution < -0.4 is 5.73 Å². The highest BCUT2D eigenvalue weighted by atomic mass is 32.7. The summed E-state index contributed by atoms with van der Waals surface area (Å²) in [4.78, 5) is 13.8. The zero-order valence-corrected chi connectivity index (χ0v) is 12.3. The second-order valence-electron chi connectivity index (χ2n) is 4.42. The number of likely N-dealkylation sites (tertiary alicyclic amines) is 1. The van der Waals surface area contributed by atoms with E-state index in [4.69, 9.17) is 10.3 Å². The van der Waals surface area contributed by atoms with Gasteiger partial charge < -0.3 is 15.2 Å². The molecule has 0 spiro atoms. The fourth-order valence-electron chi connectivity index (χ4n) is 2.01. The lowest BCUT2D eigenvalue weighted by Gasteiger charge is -2.17. The molecule has 2 N–H and O–H groups in total. The molecule has 1 aliphatic rings. The minimum absolute atomic E-state index is 0.191. The minimum atomic E-state index is -0.623. The Balaban J connectivity index is 2.16.